The van der Waals surface area contributed by atoms with E-state index >= 15 is 0 Å². The molecule has 3 nitrogen and oxygen atoms in total. The normalized spacial score (nSPS) is 10.7. The minimum absolute atomic E-state index is 0.0806. The zero-order valence-electron chi connectivity index (χ0n) is 6.96. The average molecular weight is 322 g/mol. The fourth-order valence-corrected chi connectivity index (χ4v) is 1.67. The number of nitrogens with zero attached hydrogens (tertiary/aromatic N) is 1. The van der Waals surface area contributed by atoms with Gasteiger partial charge in [0, 0.05) is 3.57 Å². The highest BCUT2D eigenvalue weighted by atomic mass is 127. The third kappa shape index (κ3) is 1.76. The molecule has 0 aliphatic heterocycles. The molecule has 0 amide bonds. The van der Waals surface area contributed by atoms with Crippen molar-refractivity contribution in [3.63, 3.8) is 0 Å². The number of oxazole rings is 1. The first-order chi connectivity index (χ1) is 6.70. The Morgan fingerprint density at radius 1 is 1.57 bits per heavy atom. The van der Waals surface area contributed by atoms with Gasteiger partial charge in [0.1, 0.15) is 5.52 Å². The first-order valence-electron chi connectivity index (χ1n) is 3.86. The fraction of sp³-hybridized carbons (Fsp3) is 0.111. The Morgan fingerprint density at radius 2 is 2.36 bits per heavy atom. The van der Waals surface area contributed by atoms with E-state index in [1.807, 2.05) is 12.1 Å². The first-order valence-corrected chi connectivity index (χ1v) is 5.47. The van der Waals surface area contributed by atoms with Gasteiger partial charge in [0.05, 0.1) is 5.88 Å². The molecule has 0 fully saturated rings. The molecule has 1 aromatic carbocycles. The number of fused-ring (bicyclic) bond motifs is 1. The maximum absolute atomic E-state index is 11.2. The van der Waals surface area contributed by atoms with Crippen molar-refractivity contribution < 1.29 is 9.21 Å². The van der Waals surface area contributed by atoms with Gasteiger partial charge in [-0.3, -0.25) is 4.79 Å². The van der Waals surface area contributed by atoms with Crippen molar-refractivity contribution in [2.24, 2.45) is 0 Å². The topological polar surface area (TPSA) is 43.1 Å². The molecule has 72 valence electrons. The van der Waals surface area contributed by atoms with Gasteiger partial charge in [-0.25, -0.2) is 4.98 Å². The third-order valence-electron chi connectivity index (χ3n) is 1.71. The molecule has 0 aliphatic carbocycles. The maximum atomic E-state index is 11.2. The second-order valence-electron chi connectivity index (χ2n) is 2.69. The SMILES string of the molecule is O=C(CCl)c1nc2cc(I)ccc2o1. The van der Waals surface area contributed by atoms with Crippen LogP contribution in [0.2, 0.25) is 0 Å². The second-order valence-corrected chi connectivity index (χ2v) is 4.20. The average Bonchev–Trinajstić information content (AvgIpc) is 2.59. The molecular formula is C9H5ClINO2. The Balaban J connectivity index is 2.56. The van der Waals surface area contributed by atoms with Gasteiger partial charge in [-0.15, -0.1) is 11.6 Å². The molecule has 0 saturated heterocycles. The molecule has 0 aliphatic rings. The van der Waals surface area contributed by atoms with Crippen LogP contribution in [-0.2, 0) is 0 Å². The van der Waals surface area contributed by atoms with Crippen LogP contribution in [0, 0.1) is 3.57 Å². The Morgan fingerprint density at radius 3 is 3.07 bits per heavy atom. The molecular weight excluding hydrogens is 316 g/mol. The first kappa shape index (κ1) is 9.92. The Labute approximate surface area is 98.6 Å². The van der Waals surface area contributed by atoms with E-state index < -0.39 is 0 Å². The lowest BCUT2D eigenvalue weighted by Crippen LogP contribution is -1.99. The fourth-order valence-electron chi connectivity index (χ4n) is 1.08. The summed E-state index contributed by atoms with van der Waals surface area (Å²) < 4.78 is 6.28. The summed E-state index contributed by atoms with van der Waals surface area (Å²) in [5, 5.41) is 0. The predicted molar refractivity (Wildman–Crippen MR) is 61.8 cm³/mol. The summed E-state index contributed by atoms with van der Waals surface area (Å²) in [4.78, 5) is 15.2. The highest BCUT2D eigenvalue weighted by Crippen LogP contribution is 2.18. The van der Waals surface area contributed by atoms with Crippen molar-refractivity contribution in [2.75, 3.05) is 5.88 Å². The van der Waals surface area contributed by atoms with Crippen LogP contribution in [-0.4, -0.2) is 16.6 Å². The molecule has 1 aromatic heterocycles. The van der Waals surface area contributed by atoms with Gasteiger partial charge in [0.15, 0.2) is 5.58 Å². The molecule has 1 heterocycles. The Bertz CT molecular complexity index is 495. The molecule has 0 N–H and O–H groups in total. The number of hydrogen-bond acceptors (Lipinski definition) is 3. The van der Waals surface area contributed by atoms with Gasteiger partial charge in [0.25, 0.3) is 5.89 Å². The monoisotopic (exact) mass is 321 g/mol. The van der Waals surface area contributed by atoms with Crippen LogP contribution in [0.15, 0.2) is 22.6 Å². The number of Topliss-reactive ketones (excluding diaryl/α,β-unsaturated/α-hetero) is 1. The number of ketones is 1. The third-order valence-corrected chi connectivity index (χ3v) is 2.62. The van der Waals surface area contributed by atoms with Crippen molar-refractivity contribution in [2.45, 2.75) is 0 Å². The van der Waals surface area contributed by atoms with Crippen LogP contribution in [0.1, 0.15) is 10.7 Å². The van der Waals surface area contributed by atoms with E-state index in [0.29, 0.717) is 11.1 Å². The standard InChI is InChI=1S/C9H5ClINO2/c10-4-7(13)9-12-6-3-5(11)1-2-8(6)14-9/h1-3H,4H2. The number of alkyl halides is 1. The van der Waals surface area contributed by atoms with Gasteiger partial charge < -0.3 is 4.42 Å². The van der Waals surface area contributed by atoms with Crippen molar-refractivity contribution >= 4 is 51.1 Å². The smallest absolute Gasteiger partial charge is 0.265 e. The number of carbonyl (C=O) groups is 1. The van der Waals surface area contributed by atoms with Crippen molar-refractivity contribution in [1.29, 1.82) is 0 Å². The summed E-state index contributed by atoms with van der Waals surface area (Å²) in [6, 6.07) is 5.53. The molecule has 0 bridgehead atoms. The van der Waals surface area contributed by atoms with E-state index in [0.717, 1.165) is 3.57 Å². The number of halogens is 2. The second kappa shape index (κ2) is 3.86. The molecule has 0 spiro atoms. The van der Waals surface area contributed by atoms with E-state index in [2.05, 4.69) is 27.6 Å². The summed E-state index contributed by atoms with van der Waals surface area (Å²) >= 11 is 7.57. The van der Waals surface area contributed by atoms with Crippen LogP contribution in [0.3, 0.4) is 0 Å². The molecule has 0 unspecified atom stereocenters. The predicted octanol–water partition coefficient (Wildman–Crippen LogP) is 2.85. The summed E-state index contributed by atoms with van der Waals surface area (Å²) in [6.07, 6.45) is 0. The summed E-state index contributed by atoms with van der Waals surface area (Å²) in [5.41, 5.74) is 1.30. The van der Waals surface area contributed by atoms with Crippen LogP contribution < -0.4 is 0 Å². The zero-order chi connectivity index (χ0) is 10.1. The largest absolute Gasteiger partial charge is 0.434 e. The van der Waals surface area contributed by atoms with Gasteiger partial charge in [0.2, 0.25) is 5.78 Å². The van der Waals surface area contributed by atoms with Crippen LogP contribution in [0.25, 0.3) is 11.1 Å². The molecule has 0 atom stereocenters. The minimum atomic E-state index is -0.294. The van der Waals surface area contributed by atoms with Crippen LogP contribution in [0.4, 0.5) is 0 Å². The lowest BCUT2D eigenvalue weighted by molar-refractivity contribution is 0.0986. The van der Waals surface area contributed by atoms with Crippen molar-refractivity contribution in [1.82, 2.24) is 4.98 Å². The van der Waals surface area contributed by atoms with Gasteiger partial charge in [-0.1, -0.05) is 0 Å². The zero-order valence-corrected chi connectivity index (χ0v) is 9.87. The summed E-state index contributed by atoms with van der Waals surface area (Å²) in [5.74, 6) is -0.320. The van der Waals surface area contributed by atoms with E-state index in [1.54, 1.807) is 6.07 Å². The summed E-state index contributed by atoms with van der Waals surface area (Å²) in [6.45, 7) is 0. The Kier molecular flexibility index (Phi) is 2.73. The van der Waals surface area contributed by atoms with E-state index in [1.165, 1.54) is 0 Å². The van der Waals surface area contributed by atoms with E-state index in [-0.39, 0.29) is 17.6 Å². The molecule has 0 saturated carbocycles. The molecule has 2 rings (SSSR count). The maximum Gasteiger partial charge on any atom is 0.265 e. The Hall–Kier alpha value is -0.620. The van der Waals surface area contributed by atoms with Crippen molar-refractivity contribution in [3.05, 3.63) is 27.7 Å². The number of rotatable bonds is 2. The van der Waals surface area contributed by atoms with Crippen molar-refractivity contribution in [3.8, 4) is 0 Å². The lowest BCUT2D eigenvalue weighted by atomic mass is 10.3. The lowest BCUT2D eigenvalue weighted by Gasteiger charge is -1.86. The van der Waals surface area contributed by atoms with Gasteiger partial charge >= 0.3 is 0 Å². The molecule has 2 aromatic rings. The minimum Gasteiger partial charge on any atom is -0.434 e. The van der Waals surface area contributed by atoms with Crippen LogP contribution >= 0.6 is 34.2 Å². The van der Waals surface area contributed by atoms with E-state index in [4.69, 9.17) is 16.0 Å². The molecule has 5 heteroatoms. The highest BCUT2D eigenvalue weighted by molar-refractivity contribution is 14.1. The van der Waals surface area contributed by atoms with E-state index in [9.17, 15) is 4.79 Å². The number of benzene rings is 1. The van der Waals surface area contributed by atoms with Gasteiger partial charge in [-0.05, 0) is 40.8 Å². The molecule has 0 radical (unpaired) electrons. The number of carbonyl (C=O) groups excluding carboxylic acids is 1. The molecule has 14 heavy (non-hydrogen) atoms. The quantitative estimate of drug-likeness (QED) is 0.485. The summed E-state index contributed by atoms with van der Waals surface area (Å²) in [7, 11) is 0. The number of aromatic nitrogens is 1. The van der Waals surface area contributed by atoms with Gasteiger partial charge in [-0.2, -0.15) is 0 Å². The highest BCUT2D eigenvalue weighted by Gasteiger charge is 2.12. The number of hydrogen-bond donors (Lipinski definition) is 0. The van der Waals surface area contributed by atoms with Crippen LogP contribution in [0.5, 0.6) is 0 Å².